The number of carbonyl (C=O) groups is 2. The predicted molar refractivity (Wildman–Crippen MR) is 98.5 cm³/mol. The summed E-state index contributed by atoms with van der Waals surface area (Å²) in [7, 11) is 0. The monoisotopic (exact) mass is 356 g/mol. The van der Waals surface area contributed by atoms with Crippen LogP contribution in [-0.4, -0.2) is 21.8 Å². The Hall–Kier alpha value is -2.67. The van der Waals surface area contributed by atoms with Crippen LogP contribution < -0.4 is 10.9 Å². The molecule has 3 N–H and O–H groups in total. The zero-order chi connectivity index (χ0) is 17.8. The second-order valence-corrected chi connectivity index (χ2v) is 6.91. The van der Waals surface area contributed by atoms with Crippen LogP contribution in [0.1, 0.15) is 39.3 Å². The van der Waals surface area contributed by atoms with Gasteiger partial charge in [-0.25, -0.2) is 4.98 Å². The predicted octanol–water partition coefficient (Wildman–Crippen LogP) is 2.89. The smallest absolute Gasteiger partial charge is 0.279 e. The van der Waals surface area contributed by atoms with Gasteiger partial charge in [-0.05, 0) is 37.1 Å². The van der Waals surface area contributed by atoms with Crippen molar-refractivity contribution in [2.75, 3.05) is 0 Å². The van der Waals surface area contributed by atoms with Crippen molar-refractivity contribution in [1.82, 2.24) is 20.8 Å². The first-order valence-corrected chi connectivity index (χ1v) is 9.00. The number of hydrogen-bond donors (Lipinski definition) is 3. The molecule has 7 heteroatoms. The highest BCUT2D eigenvalue weighted by Crippen LogP contribution is 2.22. The summed E-state index contributed by atoms with van der Waals surface area (Å²) in [4.78, 5) is 33.4. The number of hydrogen-bond acceptors (Lipinski definition) is 4. The number of aromatic nitrogens is 2. The van der Waals surface area contributed by atoms with E-state index in [1.807, 2.05) is 37.3 Å². The molecule has 130 valence electrons. The van der Waals surface area contributed by atoms with Gasteiger partial charge in [0, 0.05) is 17.7 Å². The minimum absolute atomic E-state index is 0.240. The van der Waals surface area contributed by atoms with E-state index in [0.29, 0.717) is 11.3 Å². The summed E-state index contributed by atoms with van der Waals surface area (Å²) in [5.74, 6) is 0.215. The molecule has 25 heavy (non-hydrogen) atoms. The van der Waals surface area contributed by atoms with Crippen LogP contribution in [0.4, 0.5) is 0 Å². The van der Waals surface area contributed by atoms with Crippen LogP contribution in [0.2, 0.25) is 0 Å². The lowest BCUT2D eigenvalue weighted by Gasteiger charge is -2.05. The highest BCUT2D eigenvalue weighted by atomic mass is 32.1. The van der Waals surface area contributed by atoms with E-state index in [1.54, 1.807) is 0 Å². The van der Waals surface area contributed by atoms with Crippen molar-refractivity contribution in [3.8, 4) is 0 Å². The van der Waals surface area contributed by atoms with E-state index >= 15 is 0 Å². The van der Waals surface area contributed by atoms with Crippen molar-refractivity contribution in [2.45, 2.75) is 33.1 Å². The molecule has 0 unspecified atom stereocenters. The number of nitrogens with one attached hydrogen (secondary N) is 3. The molecule has 1 aromatic carbocycles. The highest BCUT2D eigenvalue weighted by Gasteiger charge is 2.13. The molecular formula is C18H20N4O2S. The quantitative estimate of drug-likeness (QED) is 0.614. The van der Waals surface area contributed by atoms with E-state index < -0.39 is 0 Å². The summed E-state index contributed by atoms with van der Waals surface area (Å²) in [6.07, 6.45) is 1.62. The SMILES string of the molecule is CCc1sc(C(=O)NNC(=O)CCc2nc3ccccc3[nH]2)cc1C. The average Bonchev–Trinajstić information content (AvgIpc) is 3.20. The molecule has 2 amide bonds. The summed E-state index contributed by atoms with van der Waals surface area (Å²) in [6, 6.07) is 9.57. The Morgan fingerprint density at radius 2 is 2.04 bits per heavy atom. The zero-order valence-electron chi connectivity index (χ0n) is 14.2. The van der Waals surface area contributed by atoms with Gasteiger partial charge in [-0.3, -0.25) is 20.4 Å². The first-order valence-electron chi connectivity index (χ1n) is 8.19. The van der Waals surface area contributed by atoms with Gasteiger partial charge >= 0.3 is 0 Å². The fourth-order valence-corrected chi connectivity index (χ4v) is 3.60. The third-order valence-electron chi connectivity index (χ3n) is 3.91. The van der Waals surface area contributed by atoms with E-state index in [2.05, 4.69) is 27.7 Å². The van der Waals surface area contributed by atoms with Gasteiger partial charge in [0.05, 0.1) is 15.9 Å². The van der Waals surface area contributed by atoms with Gasteiger partial charge in [-0.1, -0.05) is 19.1 Å². The lowest BCUT2D eigenvalue weighted by Crippen LogP contribution is -2.41. The van der Waals surface area contributed by atoms with Gasteiger partial charge in [0.2, 0.25) is 5.91 Å². The molecule has 0 saturated heterocycles. The molecule has 0 radical (unpaired) electrons. The molecule has 2 heterocycles. The number of para-hydroxylation sites is 2. The Morgan fingerprint density at radius 3 is 2.76 bits per heavy atom. The third-order valence-corrected chi connectivity index (χ3v) is 5.29. The lowest BCUT2D eigenvalue weighted by atomic mass is 10.2. The molecule has 2 aromatic heterocycles. The van der Waals surface area contributed by atoms with Crippen molar-refractivity contribution in [2.24, 2.45) is 0 Å². The van der Waals surface area contributed by atoms with Gasteiger partial charge < -0.3 is 4.98 Å². The maximum absolute atomic E-state index is 12.1. The van der Waals surface area contributed by atoms with Crippen molar-refractivity contribution in [3.63, 3.8) is 0 Å². The van der Waals surface area contributed by atoms with Crippen LogP contribution in [0.5, 0.6) is 0 Å². The number of thiophene rings is 1. The molecule has 0 aliphatic heterocycles. The first-order chi connectivity index (χ1) is 12.1. The molecule has 3 rings (SSSR count). The minimum atomic E-state index is -0.287. The number of aromatic amines is 1. The molecule has 6 nitrogen and oxygen atoms in total. The zero-order valence-corrected chi connectivity index (χ0v) is 15.0. The fourth-order valence-electron chi connectivity index (χ4n) is 2.59. The topological polar surface area (TPSA) is 86.9 Å². The maximum atomic E-state index is 12.1. The van der Waals surface area contributed by atoms with Gasteiger partial charge in [0.1, 0.15) is 5.82 Å². The minimum Gasteiger partial charge on any atom is -0.342 e. The molecule has 0 bridgehead atoms. The van der Waals surface area contributed by atoms with Gasteiger partial charge in [-0.2, -0.15) is 0 Å². The number of benzene rings is 1. The molecule has 0 fully saturated rings. The summed E-state index contributed by atoms with van der Waals surface area (Å²) < 4.78 is 0. The van der Waals surface area contributed by atoms with E-state index in [1.165, 1.54) is 16.2 Å². The number of carbonyl (C=O) groups excluding carboxylic acids is 2. The van der Waals surface area contributed by atoms with Crippen LogP contribution in [0.15, 0.2) is 30.3 Å². The van der Waals surface area contributed by atoms with E-state index in [9.17, 15) is 9.59 Å². The normalized spacial score (nSPS) is 10.8. The standard InChI is InChI=1S/C18H20N4O2S/c1-3-14-11(2)10-15(25-14)18(24)22-21-17(23)9-8-16-19-12-6-4-5-7-13(12)20-16/h4-7,10H,3,8-9H2,1-2H3,(H,19,20)(H,21,23)(H,22,24). The summed E-state index contributed by atoms with van der Waals surface area (Å²) >= 11 is 1.45. The Bertz CT molecular complexity index is 880. The van der Waals surface area contributed by atoms with E-state index in [0.717, 1.165) is 28.8 Å². The van der Waals surface area contributed by atoms with Gasteiger partial charge in [0.15, 0.2) is 0 Å². The largest absolute Gasteiger partial charge is 0.342 e. The number of nitrogens with zero attached hydrogens (tertiary/aromatic N) is 1. The molecular weight excluding hydrogens is 336 g/mol. The van der Waals surface area contributed by atoms with Crippen LogP contribution in [0.3, 0.4) is 0 Å². The highest BCUT2D eigenvalue weighted by molar-refractivity contribution is 7.14. The first kappa shape index (κ1) is 17.2. The summed E-state index contributed by atoms with van der Waals surface area (Å²) in [5.41, 5.74) is 7.86. The lowest BCUT2D eigenvalue weighted by molar-refractivity contribution is -0.121. The van der Waals surface area contributed by atoms with Crippen LogP contribution >= 0.6 is 11.3 Å². The number of H-pyrrole nitrogens is 1. The number of fused-ring (bicyclic) bond motifs is 1. The van der Waals surface area contributed by atoms with Crippen LogP contribution in [-0.2, 0) is 17.6 Å². The molecule has 0 spiro atoms. The molecule has 3 aromatic rings. The molecule has 0 aliphatic carbocycles. The number of rotatable bonds is 5. The van der Waals surface area contributed by atoms with E-state index in [4.69, 9.17) is 0 Å². The summed E-state index contributed by atoms with van der Waals surface area (Å²) in [6.45, 7) is 4.04. The number of amides is 2. The molecule has 0 atom stereocenters. The number of imidazole rings is 1. The number of hydrazine groups is 1. The fraction of sp³-hybridized carbons (Fsp3) is 0.278. The van der Waals surface area contributed by atoms with Crippen LogP contribution in [0, 0.1) is 6.92 Å². The Labute approximate surface area is 149 Å². The average molecular weight is 356 g/mol. The van der Waals surface area contributed by atoms with Gasteiger partial charge in [-0.15, -0.1) is 11.3 Å². The van der Waals surface area contributed by atoms with E-state index in [-0.39, 0.29) is 18.2 Å². The van der Waals surface area contributed by atoms with Crippen molar-refractivity contribution in [1.29, 1.82) is 0 Å². The number of aryl methyl sites for hydroxylation is 3. The van der Waals surface area contributed by atoms with Crippen molar-refractivity contribution in [3.05, 3.63) is 51.5 Å². The summed E-state index contributed by atoms with van der Waals surface area (Å²) in [5, 5.41) is 0. The van der Waals surface area contributed by atoms with Gasteiger partial charge in [0.25, 0.3) is 5.91 Å². The second-order valence-electron chi connectivity index (χ2n) is 5.77. The molecule has 0 aliphatic rings. The molecule has 0 saturated carbocycles. The Kier molecular flexibility index (Phi) is 5.14. The second kappa shape index (κ2) is 7.48. The third kappa shape index (κ3) is 4.06. The maximum Gasteiger partial charge on any atom is 0.279 e. The van der Waals surface area contributed by atoms with Crippen LogP contribution in [0.25, 0.3) is 11.0 Å². The Morgan fingerprint density at radius 1 is 1.24 bits per heavy atom. The Balaban J connectivity index is 1.49. The van der Waals surface area contributed by atoms with Crippen molar-refractivity contribution >= 4 is 34.2 Å². The van der Waals surface area contributed by atoms with Crippen molar-refractivity contribution < 1.29 is 9.59 Å².